The molecule has 0 saturated carbocycles. The van der Waals surface area contributed by atoms with E-state index in [1.807, 2.05) is 13.0 Å². The Balaban J connectivity index is 2.28. The number of morpholine rings is 1. The molecule has 4 heteroatoms. The topological polar surface area (TPSA) is 38.5 Å². The Hall–Kier alpha value is -0.770. The first kappa shape index (κ1) is 14.6. The van der Waals surface area contributed by atoms with Crippen molar-refractivity contribution in [2.75, 3.05) is 18.1 Å². The summed E-state index contributed by atoms with van der Waals surface area (Å²) in [5.74, 6) is 0. The third-order valence-electron chi connectivity index (χ3n) is 3.75. The molecule has 0 amide bonds. The lowest BCUT2D eigenvalue weighted by Crippen LogP contribution is -2.48. The molecule has 2 rings (SSSR count). The molecule has 2 unspecified atom stereocenters. The summed E-state index contributed by atoms with van der Waals surface area (Å²) in [5.41, 5.74) is 8.06. The van der Waals surface area contributed by atoms with E-state index < -0.39 is 0 Å². The third kappa shape index (κ3) is 3.22. The van der Waals surface area contributed by atoms with Gasteiger partial charge in [-0.1, -0.05) is 24.6 Å². The monoisotopic (exact) mass is 282 g/mol. The number of nitrogens with two attached hydrogens (primary N) is 1. The zero-order valence-electron chi connectivity index (χ0n) is 11.9. The zero-order chi connectivity index (χ0) is 14.0. The third-order valence-corrected chi connectivity index (χ3v) is 4.05. The largest absolute Gasteiger partial charge is 0.375 e. The Kier molecular flexibility index (Phi) is 4.71. The van der Waals surface area contributed by atoms with Gasteiger partial charge in [0.05, 0.1) is 29.5 Å². The molecule has 1 saturated heterocycles. The lowest BCUT2D eigenvalue weighted by atomic mass is 10.1. The number of hydrogen-bond acceptors (Lipinski definition) is 3. The minimum absolute atomic E-state index is 0.0112. The molecule has 3 atom stereocenters. The predicted octanol–water partition coefficient (Wildman–Crippen LogP) is 3.36. The maximum atomic E-state index is 6.44. The molecule has 19 heavy (non-hydrogen) atoms. The van der Waals surface area contributed by atoms with E-state index in [1.165, 1.54) is 0 Å². The van der Waals surface area contributed by atoms with Crippen LogP contribution in [0.25, 0.3) is 0 Å². The number of anilines is 1. The van der Waals surface area contributed by atoms with Crippen molar-refractivity contribution in [3.05, 3.63) is 28.8 Å². The quantitative estimate of drug-likeness (QED) is 0.924. The molecule has 1 aromatic rings. The van der Waals surface area contributed by atoms with Crippen LogP contribution in [0.15, 0.2) is 18.2 Å². The van der Waals surface area contributed by atoms with E-state index in [9.17, 15) is 0 Å². The van der Waals surface area contributed by atoms with Gasteiger partial charge in [-0.15, -0.1) is 0 Å². The standard InChI is InChI=1S/C15H23ClN2O/c1-4-13-9-19-10(2)8-18(13)15-6-5-12(11(3)17)7-14(15)16/h5-7,10-11,13H,4,8-9,17H2,1-3H3/t10?,11-,13?/m0/s1. The van der Waals surface area contributed by atoms with Crippen molar-refractivity contribution >= 4 is 17.3 Å². The van der Waals surface area contributed by atoms with Gasteiger partial charge in [0.25, 0.3) is 0 Å². The van der Waals surface area contributed by atoms with Crippen molar-refractivity contribution < 1.29 is 4.74 Å². The first-order valence-electron chi connectivity index (χ1n) is 6.96. The van der Waals surface area contributed by atoms with Gasteiger partial charge in [0.1, 0.15) is 0 Å². The van der Waals surface area contributed by atoms with E-state index >= 15 is 0 Å². The van der Waals surface area contributed by atoms with Crippen molar-refractivity contribution in [3.8, 4) is 0 Å². The molecule has 2 N–H and O–H groups in total. The van der Waals surface area contributed by atoms with Crippen molar-refractivity contribution in [3.63, 3.8) is 0 Å². The molecule has 1 aliphatic rings. The van der Waals surface area contributed by atoms with Gasteiger partial charge in [-0.3, -0.25) is 0 Å². The fraction of sp³-hybridized carbons (Fsp3) is 0.600. The lowest BCUT2D eigenvalue weighted by molar-refractivity contribution is 0.0300. The highest BCUT2D eigenvalue weighted by atomic mass is 35.5. The van der Waals surface area contributed by atoms with E-state index in [-0.39, 0.29) is 12.1 Å². The normalized spacial score (nSPS) is 25.4. The molecule has 106 valence electrons. The minimum atomic E-state index is 0.0112. The van der Waals surface area contributed by atoms with Crippen molar-refractivity contribution in [2.45, 2.75) is 45.4 Å². The van der Waals surface area contributed by atoms with E-state index in [0.29, 0.717) is 6.04 Å². The molecule has 0 aliphatic carbocycles. The first-order chi connectivity index (χ1) is 9.02. The molecule has 1 aromatic carbocycles. The maximum Gasteiger partial charge on any atom is 0.0723 e. The molecule has 0 radical (unpaired) electrons. The van der Waals surface area contributed by atoms with Crippen LogP contribution in [-0.2, 0) is 4.74 Å². The zero-order valence-corrected chi connectivity index (χ0v) is 12.7. The summed E-state index contributed by atoms with van der Waals surface area (Å²) in [7, 11) is 0. The summed E-state index contributed by atoms with van der Waals surface area (Å²) >= 11 is 6.44. The molecule has 1 fully saturated rings. The Morgan fingerprint density at radius 3 is 2.84 bits per heavy atom. The Labute approximate surface area is 120 Å². The summed E-state index contributed by atoms with van der Waals surface area (Å²) < 4.78 is 5.73. The predicted molar refractivity (Wildman–Crippen MR) is 80.9 cm³/mol. The van der Waals surface area contributed by atoms with Crippen molar-refractivity contribution in [2.24, 2.45) is 5.73 Å². The van der Waals surface area contributed by atoms with Gasteiger partial charge >= 0.3 is 0 Å². The average Bonchev–Trinajstić information content (AvgIpc) is 2.38. The average molecular weight is 283 g/mol. The van der Waals surface area contributed by atoms with Crippen LogP contribution >= 0.6 is 11.6 Å². The van der Waals surface area contributed by atoms with Crippen LogP contribution in [0.2, 0.25) is 5.02 Å². The highest BCUT2D eigenvalue weighted by molar-refractivity contribution is 6.33. The Morgan fingerprint density at radius 1 is 1.53 bits per heavy atom. The fourth-order valence-electron chi connectivity index (χ4n) is 2.52. The van der Waals surface area contributed by atoms with Crippen LogP contribution < -0.4 is 10.6 Å². The number of benzene rings is 1. The van der Waals surface area contributed by atoms with Crippen LogP contribution in [0.3, 0.4) is 0 Å². The summed E-state index contributed by atoms with van der Waals surface area (Å²) in [4.78, 5) is 2.36. The van der Waals surface area contributed by atoms with Gasteiger partial charge in [0.15, 0.2) is 0 Å². The van der Waals surface area contributed by atoms with Crippen LogP contribution in [0.1, 0.15) is 38.8 Å². The van der Waals surface area contributed by atoms with Gasteiger partial charge in [0.2, 0.25) is 0 Å². The number of halogens is 1. The number of hydrogen-bond donors (Lipinski definition) is 1. The molecular weight excluding hydrogens is 260 g/mol. The van der Waals surface area contributed by atoms with Gasteiger partial charge in [-0.05, 0) is 38.0 Å². The summed E-state index contributed by atoms with van der Waals surface area (Å²) in [6.45, 7) is 7.90. The van der Waals surface area contributed by atoms with Crippen molar-refractivity contribution in [1.82, 2.24) is 0 Å². The van der Waals surface area contributed by atoms with E-state index in [0.717, 1.165) is 35.8 Å². The highest BCUT2D eigenvalue weighted by Crippen LogP contribution is 2.32. The second-order valence-corrected chi connectivity index (χ2v) is 5.77. The van der Waals surface area contributed by atoms with Gasteiger partial charge in [0, 0.05) is 12.6 Å². The fourth-order valence-corrected chi connectivity index (χ4v) is 2.81. The molecule has 0 spiro atoms. The Morgan fingerprint density at radius 2 is 2.26 bits per heavy atom. The SMILES string of the molecule is CCC1COC(C)CN1c1ccc([C@H](C)N)cc1Cl. The molecule has 1 aliphatic heterocycles. The van der Waals surface area contributed by atoms with Crippen LogP contribution in [0.4, 0.5) is 5.69 Å². The second kappa shape index (κ2) is 6.12. The first-order valence-corrected chi connectivity index (χ1v) is 7.34. The highest BCUT2D eigenvalue weighted by Gasteiger charge is 2.27. The van der Waals surface area contributed by atoms with Gasteiger partial charge in [-0.25, -0.2) is 0 Å². The van der Waals surface area contributed by atoms with Gasteiger partial charge < -0.3 is 15.4 Å². The number of ether oxygens (including phenoxy) is 1. The van der Waals surface area contributed by atoms with E-state index in [4.69, 9.17) is 22.1 Å². The second-order valence-electron chi connectivity index (χ2n) is 5.36. The lowest BCUT2D eigenvalue weighted by Gasteiger charge is -2.40. The summed E-state index contributed by atoms with van der Waals surface area (Å²) in [6.07, 6.45) is 1.30. The molecule has 3 nitrogen and oxygen atoms in total. The smallest absolute Gasteiger partial charge is 0.0723 e. The van der Waals surface area contributed by atoms with Crippen LogP contribution in [-0.4, -0.2) is 25.3 Å². The summed E-state index contributed by atoms with van der Waals surface area (Å²) in [6, 6.07) is 6.54. The molecule has 0 bridgehead atoms. The molecular formula is C15H23ClN2O. The van der Waals surface area contributed by atoms with E-state index in [1.54, 1.807) is 0 Å². The maximum absolute atomic E-state index is 6.44. The van der Waals surface area contributed by atoms with Crippen LogP contribution in [0.5, 0.6) is 0 Å². The van der Waals surface area contributed by atoms with Crippen molar-refractivity contribution in [1.29, 1.82) is 0 Å². The number of rotatable bonds is 3. The Bertz CT molecular complexity index is 436. The minimum Gasteiger partial charge on any atom is -0.375 e. The molecule has 0 aromatic heterocycles. The number of nitrogens with zero attached hydrogens (tertiary/aromatic N) is 1. The summed E-state index contributed by atoms with van der Waals surface area (Å²) in [5, 5.41) is 0.780. The van der Waals surface area contributed by atoms with Gasteiger partial charge in [-0.2, -0.15) is 0 Å². The van der Waals surface area contributed by atoms with E-state index in [2.05, 4.69) is 30.9 Å². The van der Waals surface area contributed by atoms with Crippen LogP contribution in [0, 0.1) is 0 Å². The molecule has 1 heterocycles.